The van der Waals surface area contributed by atoms with E-state index >= 15 is 4.39 Å². The van der Waals surface area contributed by atoms with Crippen molar-refractivity contribution in [3.8, 4) is 28.0 Å². The van der Waals surface area contributed by atoms with Crippen molar-refractivity contribution in [1.82, 2.24) is 19.4 Å². The maximum Gasteiger partial charge on any atom is 0.243 e. The highest BCUT2D eigenvalue weighted by atomic mass is 35.5. The number of fused-ring (bicyclic) bond motifs is 1. The number of benzene rings is 3. The number of carbonyl (C=O) groups is 3. The Morgan fingerprint density at radius 3 is 2.46 bits per heavy atom. The minimum Gasteiger partial charge on any atom is -0.507 e. The van der Waals surface area contributed by atoms with Crippen LogP contribution in [0.25, 0.3) is 33.2 Å². The van der Waals surface area contributed by atoms with Crippen LogP contribution >= 0.6 is 11.6 Å². The van der Waals surface area contributed by atoms with E-state index < -0.39 is 29.7 Å². The summed E-state index contributed by atoms with van der Waals surface area (Å²) in [6.45, 7) is 2.52. The van der Waals surface area contributed by atoms with Crippen molar-refractivity contribution < 1.29 is 28.3 Å². The number of ketones is 2. The molecule has 1 fully saturated rings. The number of likely N-dealkylation sites (tertiary alicyclic amines) is 1. The number of hydrogen-bond acceptors (Lipinski definition) is 6. The molecule has 0 radical (unpaired) electrons. The number of halogens is 3. The monoisotopic (exact) mass is 642 g/mol. The van der Waals surface area contributed by atoms with Crippen molar-refractivity contribution >= 4 is 40.0 Å². The number of hydrogen-bond donors (Lipinski definition) is 1. The number of Topliss-reactive ketones (excluding diaryl/α,β-unsaturated/α-hetero) is 2. The molecule has 3 aromatic carbocycles. The van der Waals surface area contributed by atoms with Gasteiger partial charge in [-0.1, -0.05) is 48.0 Å². The van der Waals surface area contributed by atoms with E-state index in [1.807, 2.05) is 0 Å². The average molecular weight is 643 g/mol. The van der Waals surface area contributed by atoms with E-state index in [0.29, 0.717) is 44.0 Å². The van der Waals surface area contributed by atoms with Gasteiger partial charge in [0.05, 0.1) is 18.1 Å². The summed E-state index contributed by atoms with van der Waals surface area (Å²) in [6, 6.07) is 13.5. The smallest absolute Gasteiger partial charge is 0.243 e. The average Bonchev–Trinajstić information content (AvgIpc) is 3.59. The normalized spacial score (nSPS) is 16.2. The Labute approximate surface area is 268 Å². The Morgan fingerprint density at radius 2 is 1.74 bits per heavy atom. The van der Waals surface area contributed by atoms with Gasteiger partial charge in [0, 0.05) is 75.7 Å². The van der Waals surface area contributed by atoms with E-state index in [4.69, 9.17) is 11.6 Å². The summed E-state index contributed by atoms with van der Waals surface area (Å²) in [5, 5.41) is 11.7. The highest BCUT2D eigenvalue weighted by Gasteiger charge is 2.40. The SMILES string of the molecule is CC(=O)c1cn(CC(=O)N2C[C@H](F)CC2C(=O)Cc2cccc(-c3ccccc3Cl)c2F)c2cc(O)c(-c3cnc(C)nc3)cc12. The van der Waals surface area contributed by atoms with Crippen LogP contribution in [0.5, 0.6) is 5.75 Å². The lowest BCUT2D eigenvalue weighted by atomic mass is 9.97. The van der Waals surface area contributed by atoms with Crippen LogP contribution in [0.3, 0.4) is 0 Å². The van der Waals surface area contributed by atoms with Gasteiger partial charge in [0.1, 0.15) is 30.1 Å². The number of alkyl halides is 1. The Morgan fingerprint density at radius 1 is 1.02 bits per heavy atom. The number of aryl methyl sites for hydroxylation is 1. The lowest BCUT2D eigenvalue weighted by molar-refractivity contribution is -0.137. The van der Waals surface area contributed by atoms with Gasteiger partial charge in [0.2, 0.25) is 5.91 Å². The highest BCUT2D eigenvalue weighted by Crippen LogP contribution is 2.36. The zero-order chi connectivity index (χ0) is 32.7. The van der Waals surface area contributed by atoms with Crippen LogP contribution in [0.4, 0.5) is 8.78 Å². The second-order valence-corrected chi connectivity index (χ2v) is 11.8. The number of aromatic nitrogens is 3. The fourth-order valence-electron chi connectivity index (χ4n) is 6.01. The first kappa shape index (κ1) is 31.0. The first-order chi connectivity index (χ1) is 22.0. The summed E-state index contributed by atoms with van der Waals surface area (Å²) < 4.78 is 31.8. The number of phenolic OH excluding ortho intramolecular Hbond substituents is 1. The first-order valence-corrected chi connectivity index (χ1v) is 15.0. The lowest BCUT2D eigenvalue weighted by Gasteiger charge is -2.24. The third-order valence-corrected chi connectivity index (χ3v) is 8.65. The standard InChI is InChI=1S/C35H29ClF2N4O4/c1-19(43)28-17-41(30-13-32(44)26(12-27(28)30)22-14-39-20(2)40-15-22)18-34(46)42-16-23(37)11-31(42)33(45)10-21-6-5-8-25(35(21)38)24-7-3-4-9-29(24)36/h3-9,12-15,17,23,31,44H,10-11,16,18H2,1-2H3/t23-,31?/m1/s1. The summed E-state index contributed by atoms with van der Waals surface area (Å²) in [7, 11) is 0. The van der Waals surface area contributed by atoms with Crippen LogP contribution in [-0.2, 0) is 22.6 Å². The maximum atomic E-state index is 15.6. The number of aromatic hydroxyl groups is 1. The highest BCUT2D eigenvalue weighted by molar-refractivity contribution is 6.33. The molecule has 0 spiro atoms. The zero-order valence-electron chi connectivity index (χ0n) is 25.0. The van der Waals surface area contributed by atoms with Crippen LogP contribution in [0.2, 0.25) is 5.02 Å². The van der Waals surface area contributed by atoms with Gasteiger partial charge >= 0.3 is 0 Å². The first-order valence-electron chi connectivity index (χ1n) is 14.7. The van der Waals surface area contributed by atoms with Crippen LogP contribution in [0.15, 0.2) is 73.2 Å². The molecule has 0 saturated carbocycles. The predicted octanol–water partition coefficient (Wildman–Crippen LogP) is 6.53. The minimum atomic E-state index is -1.44. The number of amides is 1. The van der Waals surface area contributed by atoms with Crippen LogP contribution in [-0.4, -0.2) is 60.8 Å². The fourth-order valence-corrected chi connectivity index (χ4v) is 6.25. The minimum absolute atomic E-state index is 0.110. The summed E-state index contributed by atoms with van der Waals surface area (Å²) in [4.78, 5) is 49.2. The predicted molar refractivity (Wildman–Crippen MR) is 170 cm³/mol. The quantitative estimate of drug-likeness (QED) is 0.193. The van der Waals surface area contributed by atoms with Crippen molar-refractivity contribution in [3.63, 3.8) is 0 Å². The van der Waals surface area contributed by atoms with Crippen molar-refractivity contribution in [2.75, 3.05) is 6.54 Å². The molecular formula is C35H29ClF2N4O4. The molecule has 8 nitrogen and oxygen atoms in total. The van der Waals surface area contributed by atoms with Gasteiger partial charge in [0.25, 0.3) is 0 Å². The van der Waals surface area contributed by atoms with Crippen LogP contribution in [0.1, 0.15) is 35.1 Å². The van der Waals surface area contributed by atoms with E-state index in [1.54, 1.807) is 61.8 Å². The second kappa shape index (κ2) is 12.4. The molecule has 11 heteroatoms. The number of phenols is 1. The van der Waals surface area contributed by atoms with Crippen molar-refractivity contribution in [2.45, 2.75) is 45.4 Å². The molecule has 5 aromatic rings. The maximum absolute atomic E-state index is 15.6. The van der Waals surface area contributed by atoms with Crippen LogP contribution in [0, 0.1) is 12.7 Å². The molecule has 1 N–H and O–H groups in total. The second-order valence-electron chi connectivity index (χ2n) is 11.4. The number of carbonyl (C=O) groups excluding carboxylic acids is 3. The third-order valence-electron chi connectivity index (χ3n) is 8.32. The van der Waals surface area contributed by atoms with E-state index in [9.17, 15) is 23.9 Å². The molecule has 1 unspecified atom stereocenters. The summed E-state index contributed by atoms with van der Waals surface area (Å²) >= 11 is 6.27. The van der Waals surface area contributed by atoms with Crippen molar-refractivity contribution in [1.29, 1.82) is 0 Å². The Bertz CT molecular complexity index is 2010. The summed E-state index contributed by atoms with van der Waals surface area (Å²) in [5.41, 5.74) is 2.52. The molecule has 0 aliphatic carbocycles. The summed E-state index contributed by atoms with van der Waals surface area (Å²) in [6.07, 6.45) is 2.65. The molecule has 1 saturated heterocycles. The van der Waals surface area contributed by atoms with Gasteiger partial charge < -0.3 is 14.6 Å². The van der Waals surface area contributed by atoms with Gasteiger partial charge in [-0.15, -0.1) is 0 Å². The van der Waals surface area contributed by atoms with Gasteiger partial charge in [-0.05, 0) is 31.5 Å². The molecule has 0 bridgehead atoms. The molecule has 6 rings (SSSR count). The molecule has 2 aromatic heterocycles. The van der Waals surface area contributed by atoms with E-state index in [-0.39, 0.29) is 48.6 Å². The Balaban J connectivity index is 1.27. The zero-order valence-corrected chi connectivity index (χ0v) is 25.8. The fraction of sp³-hybridized carbons (Fsp3) is 0.229. The van der Waals surface area contributed by atoms with E-state index in [1.165, 1.54) is 34.7 Å². The molecule has 234 valence electrons. The van der Waals surface area contributed by atoms with Crippen molar-refractivity contribution in [2.24, 2.45) is 0 Å². The van der Waals surface area contributed by atoms with Gasteiger partial charge in [0.15, 0.2) is 11.6 Å². The number of rotatable bonds is 8. The van der Waals surface area contributed by atoms with Gasteiger partial charge in [-0.3, -0.25) is 14.4 Å². The third kappa shape index (κ3) is 5.88. The van der Waals surface area contributed by atoms with E-state index in [2.05, 4.69) is 9.97 Å². The lowest BCUT2D eigenvalue weighted by Crippen LogP contribution is -2.42. The number of nitrogens with zero attached hydrogens (tertiary/aromatic N) is 4. The van der Waals surface area contributed by atoms with Gasteiger partial charge in [-0.2, -0.15) is 0 Å². The molecule has 1 aliphatic rings. The Hall–Kier alpha value is -4.96. The largest absolute Gasteiger partial charge is 0.507 e. The van der Waals surface area contributed by atoms with Crippen LogP contribution < -0.4 is 0 Å². The topological polar surface area (TPSA) is 105 Å². The molecule has 46 heavy (non-hydrogen) atoms. The molecule has 1 amide bonds. The molecule has 3 heterocycles. The van der Waals surface area contributed by atoms with Crippen molar-refractivity contribution in [3.05, 3.63) is 101 Å². The van der Waals surface area contributed by atoms with E-state index in [0.717, 1.165) is 0 Å². The Kier molecular flexibility index (Phi) is 8.39. The molecule has 2 atom stereocenters. The summed E-state index contributed by atoms with van der Waals surface area (Å²) in [5.74, 6) is -1.46. The van der Waals surface area contributed by atoms with Gasteiger partial charge in [-0.25, -0.2) is 18.7 Å². The molecular weight excluding hydrogens is 614 g/mol. The molecule has 1 aliphatic heterocycles.